The van der Waals surface area contributed by atoms with Crippen molar-refractivity contribution in [2.45, 2.75) is 18.6 Å². The van der Waals surface area contributed by atoms with Crippen LogP contribution in [-0.4, -0.2) is 39.3 Å². The second-order valence-electron chi connectivity index (χ2n) is 7.64. The van der Waals surface area contributed by atoms with Crippen molar-refractivity contribution in [1.29, 1.82) is 0 Å². The zero-order valence-electron chi connectivity index (χ0n) is 19.2. The van der Waals surface area contributed by atoms with Crippen LogP contribution < -0.4 is 10.1 Å². The number of ketones is 1. The standard InChI is InChI=1S/C26H23FN4O3S/c1-17(32)28-15-18-7-9-19(10-8-18)24(33)16-35-26-30-29-25(20-11-13-21(34-2)14-12-20)31(26)23-6-4-3-5-22(23)27/h3-14H,15-16H2,1-2H3,(H,28,32). The lowest BCUT2D eigenvalue weighted by Crippen LogP contribution is -2.18. The number of amides is 1. The number of halogens is 1. The highest BCUT2D eigenvalue weighted by atomic mass is 32.2. The molecule has 0 atom stereocenters. The third-order valence-corrected chi connectivity index (χ3v) is 6.15. The Bertz CT molecular complexity index is 1340. The summed E-state index contributed by atoms with van der Waals surface area (Å²) in [4.78, 5) is 23.9. The first-order valence-electron chi connectivity index (χ1n) is 10.8. The number of rotatable bonds is 9. The number of ether oxygens (including phenoxy) is 1. The fourth-order valence-electron chi connectivity index (χ4n) is 3.39. The highest BCUT2D eigenvalue weighted by Gasteiger charge is 2.20. The van der Waals surface area contributed by atoms with E-state index in [-0.39, 0.29) is 17.4 Å². The number of hydrogen-bond donors (Lipinski definition) is 1. The number of methoxy groups -OCH3 is 1. The maximum absolute atomic E-state index is 14.8. The molecule has 0 aliphatic rings. The first-order valence-corrected chi connectivity index (χ1v) is 11.8. The van der Waals surface area contributed by atoms with Crippen molar-refractivity contribution in [2.75, 3.05) is 12.9 Å². The summed E-state index contributed by atoms with van der Waals surface area (Å²) in [6.07, 6.45) is 0. The maximum atomic E-state index is 14.8. The van der Waals surface area contributed by atoms with E-state index in [1.165, 1.54) is 24.8 Å². The van der Waals surface area contributed by atoms with Gasteiger partial charge in [0.15, 0.2) is 16.8 Å². The van der Waals surface area contributed by atoms with Gasteiger partial charge in [-0.2, -0.15) is 0 Å². The molecule has 0 saturated carbocycles. The number of carbonyl (C=O) groups excluding carboxylic acids is 2. The number of thioether (sulfide) groups is 1. The van der Waals surface area contributed by atoms with Crippen LogP contribution >= 0.6 is 11.8 Å². The average Bonchev–Trinajstić information content (AvgIpc) is 3.30. The van der Waals surface area contributed by atoms with Crippen molar-refractivity contribution >= 4 is 23.5 Å². The third kappa shape index (κ3) is 5.75. The Morgan fingerprint density at radius 1 is 1.00 bits per heavy atom. The summed E-state index contributed by atoms with van der Waals surface area (Å²) in [5.74, 6) is 0.596. The smallest absolute Gasteiger partial charge is 0.217 e. The molecule has 0 unspecified atom stereocenters. The molecule has 1 aromatic heterocycles. The van der Waals surface area contributed by atoms with E-state index in [0.717, 1.165) is 11.1 Å². The van der Waals surface area contributed by atoms with E-state index >= 15 is 0 Å². The zero-order chi connectivity index (χ0) is 24.8. The van der Waals surface area contributed by atoms with Gasteiger partial charge >= 0.3 is 0 Å². The van der Waals surface area contributed by atoms with Crippen molar-refractivity contribution in [3.63, 3.8) is 0 Å². The van der Waals surface area contributed by atoms with Gasteiger partial charge in [-0.1, -0.05) is 48.2 Å². The Morgan fingerprint density at radius 2 is 1.71 bits per heavy atom. The molecule has 0 bridgehead atoms. The van der Waals surface area contributed by atoms with Crippen LogP contribution in [0.5, 0.6) is 5.75 Å². The largest absolute Gasteiger partial charge is 0.497 e. The van der Waals surface area contributed by atoms with Gasteiger partial charge in [-0.25, -0.2) is 4.39 Å². The molecule has 3 aromatic carbocycles. The summed E-state index contributed by atoms with van der Waals surface area (Å²) < 4.78 is 21.6. The lowest BCUT2D eigenvalue weighted by molar-refractivity contribution is -0.119. The third-order valence-electron chi connectivity index (χ3n) is 5.22. The van der Waals surface area contributed by atoms with Gasteiger partial charge < -0.3 is 10.1 Å². The maximum Gasteiger partial charge on any atom is 0.217 e. The predicted molar refractivity (Wildman–Crippen MR) is 132 cm³/mol. The van der Waals surface area contributed by atoms with E-state index in [4.69, 9.17) is 4.74 Å². The molecule has 0 saturated heterocycles. The van der Waals surface area contributed by atoms with Gasteiger partial charge in [-0.15, -0.1) is 10.2 Å². The average molecular weight is 491 g/mol. The Morgan fingerprint density at radius 3 is 2.37 bits per heavy atom. The molecule has 0 aliphatic carbocycles. The lowest BCUT2D eigenvalue weighted by Gasteiger charge is -2.11. The highest BCUT2D eigenvalue weighted by molar-refractivity contribution is 7.99. The Balaban J connectivity index is 1.57. The molecule has 4 aromatic rings. The zero-order valence-corrected chi connectivity index (χ0v) is 20.0. The lowest BCUT2D eigenvalue weighted by atomic mass is 10.1. The molecule has 4 rings (SSSR count). The summed E-state index contributed by atoms with van der Waals surface area (Å²) in [5, 5.41) is 11.7. The van der Waals surface area contributed by atoms with Gasteiger partial charge in [0.1, 0.15) is 11.6 Å². The van der Waals surface area contributed by atoms with Crippen molar-refractivity contribution in [2.24, 2.45) is 0 Å². The van der Waals surface area contributed by atoms with E-state index < -0.39 is 5.82 Å². The molecule has 35 heavy (non-hydrogen) atoms. The molecule has 0 aliphatic heterocycles. The predicted octanol–water partition coefficient (Wildman–Crippen LogP) is 4.69. The first-order chi connectivity index (χ1) is 17.0. The van der Waals surface area contributed by atoms with Crippen LogP contribution in [0.25, 0.3) is 17.1 Å². The Kier molecular flexibility index (Phi) is 7.57. The molecule has 7 nitrogen and oxygen atoms in total. The number of aromatic nitrogens is 3. The van der Waals surface area contributed by atoms with Gasteiger partial charge in [-0.05, 0) is 42.0 Å². The molecule has 9 heteroatoms. The monoisotopic (exact) mass is 490 g/mol. The molecule has 1 amide bonds. The number of nitrogens with zero attached hydrogens (tertiary/aromatic N) is 3. The normalized spacial score (nSPS) is 10.7. The minimum atomic E-state index is -0.426. The van der Waals surface area contributed by atoms with Gasteiger partial charge in [0, 0.05) is 24.6 Å². The first kappa shape index (κ1) is 24.2. The minimum Gasteiger partial charge on any atom is -0.497 e. The van der Waals surface area contributed by atoms with Crippen molar-refractivity contribution in [3.05, 3.63) is 89.7 Å². The highest BCUT2D eigenvalue weighted by Crippen LogP contribution is 2.30. The number of benzene rings is 3. The SMILES string of the molecule is COc1ccc(-c2nnc(SCC(=O)c3ccc(CNC(C)=O)cc3)n2-c2ccccc2F)cc1. The van der Waals surface area contributed by atoms with Crippen LogP contribution in [-0.2, 0) is 11.3 Å². The fourth-order valence-corrected chi connectivity index (χ4v) is 4.23. The molecular weight excluding hydrogens is 467 g/mol. The second-order valence-corrected chi connectivity index (χ2v) is 8.58. The molecule has 0 fully saturated rings. The van der Waals surface area contributed by atoms with Crippen molar-refractivity contribution < 1.29 is 18.7 Å². The Labute approximate surface area is 206 Å². The second kappa shape index (κ2) is 11.0. The number of Topliss-reactive ketones (excluding diaryl/α,β-unsaturated/α-hetero) is 1. The molecule has 0 spiro atoms. The number of para-hydroxylation sites is 1. The molecular formula is C26H23FN4O3S. The topological polar surface area (TPSA) is 86.1 Å². The Hall–Kier alpha value is -3.98. The van der Waals surface area contributed by atoms with E-state index in [1.807, 2.05) is 12.1 Å². The van der Waals surface area contributed by atoms with E-state index in [9.17, 15) is 14.0 Å². The number of carbonyl (C=O) groups is 2. The molecule has 1 heterocycles. The van der Waals surface area contributed by atoms with E-state index in [0.29, 0.717) is 34.5 Å². The van der Waals surface area contributed by atoms with E-state index in [2.05, 4.69) is 15.5 Å². The number of hydrogen-bond acceptors (Lipinski definition) is 6. The minimum absolute atomic E-state index is 0.0975. The summed E-state index contributed by atoms with van der Waals surface area (Å²) in [6, 6.07) is 20.7. The van der Waals surface area contributed by atoms with Crippen LogP contribution in [0.15, 0.2) is 78.0 Å². The quantitative estimate of drug-likeness (QED) is 0.271. The van der Waals surface area contributed by atoms with Crippen LogP contribution in [0.1, 0.15) is 22.8 Å². The van der Waals surface area contributed by atoms with Gasteiger partial charge in [0.2, 0.25) is 5.91 Å². The summed E-state index contributed by atoms with van der Waals surface area (Å²) in [6.45, 7) is 1.85. The number of nitrogens with one attached hydrogen (secondary N) is 1. The molecule has 1 N–H and O–H groups in total. The summed E-state index contributed by atoms with van der Waals surface area (Å²) >= 11 is 1.19. The molecule has 178 valence electrons. The van der Waals surface area contributed by atoms with Crippen LogP contribution in [0, 0.1) is 5.82 Å². The molecule has 0 radical (unpaired) electrons. The van der Waals surface area contributed by atoms with Crippen LogP contribution in [0.4, 0.5) is 4.39 Å². The summed E-state index contributed by atoms with van der Waals surface area (Å²) in [5.41, 5.74) is 2.46. The van der Waals surface area contributed by atoms with Crippen LogP contribution in [0.2, 0.25) is 0 Å². The van der Waals surface area contributed by atoms with E-state index in [1.54, 1.807) is 66.3 Å². The fraction of sp³-hybridized carbons (Fsp3) is 0.154. The van der Waals surface area contributed by atoms with Gasteiger partial charge in [0.25, 0.3) is 0 Å². The van der Waals surface area contributed by atoms with Crippen molar-refractivity contribution in [3.8, 4) is 22.8 Å². The van der Waals surface area contributed by atoms with Crippen LogP contribution in [0.3, 0.4) is 0 Å². The summed E-state index contributed by atoms with van der Waals surface area (Å²) in [7, 11) is 1.58. The van der Waals surface area contributed by atoms with Gasteiger partial charge in [0.05, 0.1) is 18.6 Å². The van der Waals surface area contributed by atoms with Crippen molar-refractivity contribution in [1.82, 2.24) is 20.1 Å². The van der Waals surface area contributed by atoms with Gasteiger partial charge in [-0.3, -0.25) is 14.2 Å².